The summed E-state index contributed by atoms with van der Waals surface area (Å²) in [5, 5.41) is 11.2. The van der Waals surface area contributed by atoms with Crippen LogP contribution in [0.25, 0.3) is 0 Å². The molecule has 4 rings (SSSR count). The Morgan fingerprint density at radius 1 is 1.18 bits per heavy atom. The molecule has 2 heterocycles. The Bertz CT molecular complexity index is 1020. The molecular formula is C20H16BrN3O4. The summed E-state index contributed by atoms with van der Waals surface area (Å²) in [4.78, 5) is 42.4. The molecule has 0 saturated heterocycles. The molecule has 1 unspecified atom stereocenters. The second kappa shape index (κ2) is 7.27. The third kappa shape index (κ3) is 3.24. The van der Waals surface area contributed by atoms with Crippen molar-refractivity contribution in [3.05, 3.63) is 74.0 Å². The van der Waals surface area contributed by atoms with Gasteiger partial charge in [0, 0.05) is 52.8 Å². The van der Waals surface area contributed by atoms with Crippen LogP contribution in [0, 0.1) is 10.1 Å². The van der Waals surface area contributed by atoms with E-state index in [9.17, 15) is 19.7 Å². The van der Waals surface area contributed by atoms with E-state index in [1.54, 1.807) is 30.5 Å². The normalized spacial score (nSPS) is 19.6. The van der Waals surface area contributed by atoms with Crippen molar-refractivity contribution in [1.29, 1.82) is 0 Å². The first-order valence-corrected chi connectivity index (χ1v) is 9.70. The highest BCUT2D eigenvalue weighted by Gasteiger charge is 2.40. The molecule has 1 aliphatic heterocycles. The number of nitrogens with zero attached hydrogens (tertiary/aromatic N) is 3. The van der Waals surface area contributed by atoms with Crippen molar-refractivity contribution in [3.63, 3.8) is 0 Å². The fraction of sp³-hybridized carbons (Fsp3) is 0.250. The van der Waals surface area contributed by atoms with E-state index in [0.29, 0.717) is 41.9 Å². The maximum absolute atomic E-state index is 13.0. The van der Waals surface area contributed by atoms with Gasteiger partial charge in [0.1, 0.15) is 5.82 Å². The first kappa shape index (κ1) is 18.5. The summed E-state index contributed by atoms with van der Waals surface area (Å²) < 4.78 is 0.795. The third-order valence-electron chi connectivity index (χ3n) is 5.10. The number of nitro groups is 1. The zero-order valence-electron chi connectivity index (χ0n) is 14.8. The number of pyridine rings is 1. The summed E-state index contributed by atoms with van der Waals surface area (Å²) in [7, 11) is 0. The average molecular weight is 442 g/mol. The van der Waals surface area contributed by atoms with E-state index in [2.05, 4.69) is 20.9 Å². The molecule has 7 nitrogen and oxygen atoms in total. The number of hydrogen-bond donors (Lipinski definition) is 0. The number of nitro benzene ring substituents is 1. The highest BCUT2D eigenvalue weighted by Crippen LogP contribution is 2.43. The average Bonchev–Trinajstić information content (AvgIpc) is 2.68. The standard InChI is InChI=1S/C20H16BrN3O4/c21-13-7-8-18(22-11-13)23-16-5-2-6-17(25)20(16)15(10-19(23)26)12-3-1-4-14(9-12)24(27)28/h1,3-4,7-9,11,15H,2,5-6,10H2. The second-order valence-corrected chi connectivity index (χ2v) is 7.73. The molecule has 28 heavy (non-hydrogen) atoms. The SMILES string of the molecule is O=C1CCCC2=C1C(c1cccc([N+](=O)[O-])c1)CC(=O)N2c1ccc(Br)cn1. The number of aromatic nitrogens is 1. The van der Waals surface area contributed by atoms with Gasteiger partial charge in [-0.1, -0.05) is 12.1 Å². The Balaban J connectivity index is 1.84. The molecule has 1 aliphatic carbocycles. The fourth-order valence-corrected chi connectivity index (χ4v) is 4.13. The maximum Gasteiger partial charge on any atom is 0.269 e. The van der Waals surface area contributed by atoms with Crippen molar-refractivity contribution in [3.8, 4) is 0 Å². The molecule has 0 fully saturated rings. The summed E-state index contributed by atoms with van der Waals surface area (Å²) in [5.74, 6) is -0.165. The van der Waals surface area contributed by atoms with Crippen molar-refractivity contribution in [2.45, 2.75) is 31.6 Å². The van der Waals surface area contributed by atoms with Crippen molar-refractivity contribution < 1.29 is 14.5 Å². The topological polar surface area (TPSA) is 93.4 Å². The molecule has 0 bridgehead atoms. The van der Waals surface area contributed by atoms with E-state index in [4.69, 9.17) is 0 Å². The predicted molar refractivity (Wildman–Crippen MR) is 106 cm³/mol. The minimum absolute atomic E-state index is 0.00707. The number of hydrogen-bond acceptors (Lipinski definition) is 5. The Morgan fingerprint density at radius 3 is 2.71 bits per heavy atom. The molecule has 1 aromatic carbocycles. The van der Waals surface area contributed by atoms with Crippen molar-refractivity contribution in [2.24, 2.45) is 0 Å². The highest BCUT2D eigenvalue weighted by atomic mass is 79.9. The number of carbonyl (C=O) groups excluding carboxylic acids is 2. The van der Waals surface area contributed by atoms with Gasteiger partial charge in [0.2, 0.25) is 5.91 Å². The number of Topliss-reactive ketones (excluding diaryl/α,β-unsaturated/α-hetero) is 1. The summed E-state index contributed by atoms with van der Waals surface area (Å²) in [6.45, 7) is 0. The monoisotopic (exact) mass is 441 g/mol. The van der Waals surface area contributed by atoms with Gasteiger partial charge in [0.25, 0.3) is 5.69 Å². The first-order valence-electron chi connectivity index (χ1n) is 8.91. The van der Waals surface area contributed by atoms with Gasteiger partial charge in [-0.05, 0) is 46.5 Å². The molecule has 0 saturated carbocycles. The number of anilines is 1. The molecular weight excluding hydrogens is 426 g/mol. The van der Waals surface area contributed by atoms with Crippen LogP contribution in [0.3, 0.4) is 0 Å². The second-order valence-electron chi connectivity index (χ2n) is 6.81. The van der Waals surface area contributed by atoms with Crippen LogP contribution < -0.4 is 4.90 Å². The minimum atomic E-state index is -0.470. The molecule has 1 amide bonds. The van der Waals surface area contributed by atoms with Crippen LogP contribution in [-0.2, 0) is 9.59 Å². The van der Waals surface area contributed by atoms with Gasteiger partial charge in [-0.3, -0.25) is 24.6 Å². The van der Waals surface area contributed by atoms with Gasteiger partial charge >= 0.3 is 0 Å². The van der Waals surface area contributed by atoms with Crippen LogP contribution in [0.15, 0.2) is 58.3 Å². The number of benzene rings is 1. The quantitative estimate of drug-likeness (QED) is 0.523. The smallest absolute Gasteiger partial charge is 0.269 e. The van der Waals surface area contributed by atoms with Crippen molar-refractivity contribution >= 4 is 39.1 Å². The summed E-state index contributed by atoms with van der Waals surface area (Å²) in [6.07, 6.45) is 3.36. The molecule has 142 valence electrons. The van der Waals surface area contributed by atoms with Crippen molar-refractivity contribution in [1.82, 2.24) is 4.98 Å². The Hall–Kier alpha value is -2.87. The highest BCUT2D eigenvalue weighted by molar-refractivity contribution is 9.10. The van der Waals surface area contributed by atoms with Crippen LogP contribution in [0.5, 0.6) is 0 Å². The number of ketones is 1. The molecule has 2 aliphatic rings. The summed E-state index contributed by atoms with van der Waals surface area (Å²) >= 11 is 3.33. The molecule has 1 aromatic heterocycles. The van der Waals surface area contributed by atoms with Gasteiger partial charge in [0.15, 0.2) is 5.78 Å². The molecule has 0 radical (unpaired) electrons. The van der Waals surface area contributed by atoms with Crippen LogP contribution in [0.4, 0.5) is 11.5 Å². The van der Waals surface area contributed by atoms with Crippen molar-refractivity contribution in [2.75, 3.05) is 4.90 Å². The molecule has 0 spiro atoms. The van der Waals surface area contributed by atoms with Gasteiger partial charge in [-0.15, -0.1) is 0 Å². The van der Waals surface area contributed by atoms with Crippen LogP contribution in [-0.4, -0.2) is 21.6 Å². The Labute approximate surface area is 169 Å². The lowest BCUT2D eigenvalue weighted by Crippen LogP contribution is -2.41. The van der Waals surface area contributed by atoms with Gasteiger partial charge in [-0.25, -0.2) is 4.98 Å². The van der Waals surface area contributed by atoms with E-state index in [0.717, 1.165) is 4.47 Å². The fourth-order valence-electron chi connectivity index (χ4n) is 3.90. The minimum Gasteiger partial charge on any atom is -0.294 e. The van der Waals surface area contributed by atoms with E-state index in [1.165, 1.54) is 17.0 Å². The molecule has 8 heteroatoms. The predicted octanol–water partition coefficient (Wildman–Crippen LogP) is 4.28. The number of rotatable bonds is 3. The molecule has 1 atom stereocenters. The van der Waals surface area contributed by atoms with Gasteiger partial charge in [-0.2, -0.15) is 0 Å². The summed E-state index contributed by atoms with van der Waals surface area (Å²) in [5.41, 5.74) is 1.82. The largest absolute Gasteiger partial charge is 0.294 e. The Morgan fingerprint density at radius 2 is 2.00 bits per heavy atom. The lowest BCUT2D eigenvalue weighted by atomic mass is 9.77. The first-order chi connectivity index (χ1) is 13.5. The number of non-ortho nitro benzene ring substituents is 1. The number of allylic oxidation sites excluding steroid dienone is 2. The van der Waals surface area contributed by atoms with E-state index in [-0.39, 0.29) is 23.8 Å². The van der Waals surface area contributed by atoms with Gasteiger partial charge in [0.05, 0.1) is 4.92 Å². The molecule has 0 N–H and O–H groups in total. The number of halogens is 1. The van der Waals surface area contributed by atoms with Crippen LogP contribution in [0.1, 0.15) is 37.2 Å². The third-order valence-corrected chi connectivity index (χ3v) is 5.57. The zero-order valence-corrected chi connectivity index (χ0v) is 16.4. The zero-order chi connectivity index (χ0) is 19.8. The lowest BCUT2D eigenvalue weighted by molar-refractivity contribution is -0.384. The van der Waals surface area contributed by atoms with Crippen LogP contribution >= 0.6 is 15.9 Å². The lowest BCUT2D eigenvalue weighted by Gasteiger charge is -2.37. The van der Waals surface area contributed by atoms with E-state index >= 15 is 0 Å². The number of amides is 1. The van der Waals surface area contributed by atoms with Crippen LogP contribution in [0.2, 0.25) is 0 Å². The van der Waals surface area contributed by atoms with E-state index in [1.807, 2.05) is 0 Å². The van der Waals surface area contributed by atoms with Gasteiger partial charge < -0.3 is 0 Å². The number of carbonyl (C=O) groups is 2. The summed E-state index contributed by atoms with van der Waals surface area (Å²) in [6, 6.07) is 9.73. The molecule has 2 aromatic rings. The van der Waals surface area contributed by atoms with E-state index < -0.39 is 10.8 Å². The Kier molecular flexibility index (Phi) is 4.80. The maximum atomic E-state index is 13.0.